The number of phenolic OH excluding ortho intramolecular Hbond substituents is 1. The molecule has 1 saturated heterocycles. The number of hydrogen-bond donors (Lipinski definition) is 2. The van der Waals surface area contributed by atoms with E-state index in [0.29, 0.717) is 25.2 Å². The van der Waals surface area contributed by atoms with Crippen LogP contribution in [-0.4, -0.2) is 41.5 Å². The summed E-state index contributed by atoms with van der Waals surface area (Å²) in [6, 6.07) is 5.04. The third-order valence-corrected chi connectivity index (χ3v) is 4.01. The first kappa shape index (κ1) is 16.3. The van der Waals surface area contributed by atoms with Gasteiger partial charge in [0.1, 0.15) is 5.75 Å². The van der Waals surface area contributed by atoms with Crippen molar-refractivity contribution in [2.45, 2.75) is 33.1 Å². The highest BCUT2D eigenvalue weighted by molar-refractivity contribution is 5.97. The lowest BCUT2D eigenvalue weighted by molar-refractivity contribution is -0.126. The minimum atomic E-state index is -0.203. The van der Waals surface area contributed by atoms with Crippen LogP contribution < -0.4 is 5.32 Å². The maximum Gasteiger partial charge on any atom is 0.257 e. The molecule has 2 amide bonds. The summed E-state index contributed by atoms with van der Waals surface area (Å²) in [6.45, 7) is 5.59. The van der Waals surface area contributed by atoms with Gasteiger partial charge in [0.2, 0.25) is 5.91 Å². The molecule has 1 aliphatic heterocycles. The summed E-state index contributed by atoms with van der Waals surface area (Å²) in [7, 11) is 0. The molecule has 1 heterocycles. The minimum Gasteiger partial charge on any atom is -0.507 e. The highest BCUT2D eigenvalue weighted by Gasteiger charge is 2.29. The van der Waals surface area contributed by atoms with Gasteiger partial charge in [-0.3, -0.25) is 9.59 Å². The summed E-state index contributed by atoms with van der Waals surface area (Å²) in [5, 5.41) is 12.9. The molecular weight excluding hydrogens is 280 g/mol. The van der Waals surface area contributed by atoms with Gasteiger partial charge < -0.3 is 15.3 Å². The van der Waals surface area contributed by atoms with Crippen molar-refractivity contribution in [1.29, 1.82) is 0 Å². The highest BCUT2D eigenvalue weighted by atomic mass is 16.3. The molecule has 2 rings (SSSR count). The number of hydrogen-bond acceptors (Lipinski definition) is 3. The predicted octanol–water partition coefficient (Wildman–Crippen LogP) is 2.08. The number of piperidine rings is 1. The van der Waals surface area contributed by atoms with Gasteiger partial charge in [0, 0.05) is 19.6 Å². The van der Waals surface area contributed by atoms with Crippen LogP contribution in [-0.2, 0) is 4.79 Å². The summed E-state index contributed by atoms with van der Waals surface area (Å²) in [4.78, 5) is 26.3. The number of nitrogens with zero attached hydrogens (tertiary/aromatic N) is 1. The molecule has 2 N–H and O–H groups in total. The molecule has 5 heteroatoms. The molecule has 22 heavy (non-hydrogen) atoms. The molecule has 0 spiro atoms. The fraction of sp³-hybridized carbons (Fsp3) is 0.529. The Morgan fingerprint density at radius 3 is 2.86 bits per heavy atom. The van der Waals surface area contributed by atoms with Gasteiger partial charge in [0.05, 0.1) is 11.5 Å². The van der Waals surface area contributed by atoms with Gasteiger partial charge in [-0.1, -0.05) is 13.0 Å². The van der Waals surface area contributed by atoms with E-state index in [-0.39, 0.29) is 23.5 Å². The largest absolute Gasteiger partial charge is 0.507 e. The normalized spacial score (nSPS) is 18.1. The van der Waals surface area contributed by atoms with Crippen LogP contribution in [0.15, 0.2) is 18.2 Å². The Labute approximate surface area is 131 Å². The second-order valence-electron chi connectivity index (χ2n) is 5.90. The standard InChI is InChI=1S/C17H24N2O3/c1-3-8-18-16(21)13-5-4-9-19(11-13)17(22)14-7-6-12(2)10-15(14)20/h6-7,10,13,20H,3-5,8-9,11H2,1-2H3,(H,18,21)/t13-/m1/s1. The number of likely N-dealkylation sites (tertiary alicyclic amines) is 1. The number of amides is 2. The van der Waals surface area contributed by atoms with E-state index in [4.69, 9.17) is 0 Å². The minimum absolute atomic E-state index is 0.00237. The van der Waals surface area contributed by atoms with Gasteiger partial charge in [0.15, 0.2) is 0 Å². The van der Waals surface area contributed by atoms with Crippen molar-refractivity contribution in [3.63, 3.8) is 0 Å². The van der Waals surface area contributed by atoms with Crippen LogP contribution in [0.25, 0.3) is 0 Å². The average molecular weight is 304 g/mol. The zero-order valence-corrected chi connectivity index (χ0v) is 13.3. The Balaban J connectivity index is 2.05. The number of aromatic hydroxyl groups is 1. The fourth-order valence-electron chi connectivity index (χ4n) is 2.76. The maximum absolute atomic E-state index is 12.5. The van der Waals surface area contributed by atoms with Crippen molar-refractivity contribution in [2.75, 3.05) is 19.6 Å². The first-order chi connectivity index (χ1) is 10.5. The maximum atomic E-state index is 12.5. The molecule has 1 aliphatic rings. The summed E-state index contributed by atoms with van der Waals surface area (Å²) in [5.41, 5.74) is 1.21. The Bertz CT molecular complexity index is 557. The molecular formula is C17H24N2O3. The summed E-state index contributed by atoms with van der Waals surface area (Å²) in [5.74, 6) is -0.336. The third kappa shape index (κ3) is 3.78. The quantitative estimate of drug-likeness (QED) is 0.895. The van der Waals surface area contributed by atoms with Gasteiger partial charge in [0.25, 0.3) is 5.91 Å². The molecule has 0 aromatic heterocycles. The lowest BCUT2D eigenvalue weighted by Gasteiger charge is -2.32. The topological polar surface area (TPSA) is 69.6 Å². The molecule has 1 atom stereocenters. The molecule has 0 aliphatic carbocycles. The van der Waals surface area contributed by atoms with Gasteiger partial charge in [-0.2, -0.15) is 0 Å². The molecule has 5 nitrogen and oxygen atoms in total. The van der Waals surface area contributed by atoms with Crippen LogP contribution in [0.4, 0.5) is 0 Å². The lowest BCUT2D eigenvalue weighted by atomic mass is 9.96. The molecule has 1 aromatic carbocycles. The van der Waals surface area contributed by atoms with E-state index in [2.05, 4.69) is 5.32 Å². The smallest absolute Gasteiger partial charge is 0.257 e. The molecule has 1 aromatic rings. The van der Waals surface area contributed by atoms with Gasteiger partial charge in [-0.25, -0.2) is 0 Å². The van der Waals surface area contributed by atoms with Crippen LogP contribution >= 0.6 is 0 Å². The Hall–Kier alpha value is -2.04. The Kier molecular flexibility index (Phi) is 5.41. The van der Waals surface area contributed by atoms with Crippen molar-refractivity contribution < 1.29 is 14.7 Å². The van der Waals surface area contributed by atoms with E-state index < -0.39 is 0 Å². The van der Waals surface area contributed by atoms with E-state index in [1.54, 1.807) is 17.0 Å². The SMILES string of the molecule is CCCNC(=O)[C@@H]1CCCN(C(=O)c2ccc(C)cc2O)C1. The van der Waals surface area contributed by atoms with Gasteiger partial charge >= 0.3 is 0 Å². The number of nitrogens with one attached hydrogen (secondary N) is 1. The fourth-order valence-corrected chi connectivity index (χ4v) is 2.76. The number of carbonyl (C=O) groups excluding carboxylic acids is 2. The summed E-state index contributed by atoms with van der Waals surface area (Å²) < 4.78 is 0. The van der Waals surface area contributed by atoms with E-state index in [1.807, 2.05) is 19.9 Å². The second-order valence-corrected chi connectivity index (χ2v) is 5.90. The van der Waals surface area contributed by atoms with Gasteiger partial charge in [-0.15, -0.1) is 0 Å². The monoisotopic (exact) mass is 304 g/mol. The number of phenols is 1. The molecule has 1 fully saturated rings. The summed E-state index contributed by atoms with van der Waals surface area (Å²) in [6.07, 6.45) is 2.51. The van der Waals surface area contributed by atoms with E-state index >= 15 is 0 Å². The van der Waals surface area contributed by atoms with Crippen LogP contribution in [0.3, 0.4) is 0 Å². The molecule has 0 unspecified atom stereocenters. The zero-order valence-electron chi connectivity index (χ0n) is 13.3. The Morgan fingerprint density at radius 2 is 2.18 bits per heavy atom. The van der Waals surface area contributed by atoms with E-state index in [0.717, 1.165) is 24.8 Å². The average Bonchev–Trinajstić information content (AvgIpc) is 2.52. The predicted molar refractivity (Wildman–Crippen MR) is 84.8 cm³/mol. The van der Waals surface area contributed by atoms with E-state index in [1.165, 1.54) is 0 Å². The van der Waals surface area contributed by atoms with Crippen molar-refractivity contribution in [2.24, 2.45) is 5.92 Å². The van der Waals surface area contributed by atoms with Crippen molar-refractivity contribution in [3.05, 3.63) is 29.3 Å². The molecule has 0 bridgehead atoms. The van der Waals surface area contributed by atoms with Crippen molar-refractivity contribution >= 4 is 11.8 Å². The number of benzene rings is 1. The second kappa shape index (κ2) is 7.29. The van der Waals surface area contributed by atoms with Crippen LogP contribution in [0.5, 0.6) is 5.75 Å². The van der Waals surface area contributed by atoms with Crippen LogP contribution in [0.1, 0.15) is 42.1 Å². The number of aryl methyl sites for hydroxylation is 1. The van der Waals surface area contributed by atoms with Crippen LogP contribution in [0.2, 0.25) is 0 Å². The molecule has 0 saturated carbocycles. The van der Waals surface area contributed by atoms with Gasteiger partial charge in [-0.05, 0) is 43.9 Å². The van der Waals surface area contributed by atoms with E-state index in [9.17, 15) is 14.7 Å². The first-order valence-corrected chi connectivity index (χ1v) is 7.89. The van der Waals surface area contributed by atoms with Crippen LogP contribution in [0, 0.1) is 12.8 Å². The number of rotatable bonds is 4. The van der Waals surface area contributed by atoms with Crippen molar-refractivity contribution in [3.8, 4) is 5.75 Å². The molecule has 120 valence electrons. The molecule has 0 radical (unpaired) electrons. The number of carbonyl (C=O) groups is 2. The summed E-state index contributed by atoms with van der Waals surface area (Å²) >= 11 is 0. The van der Waals surface area contributed by atoms with Crippen molar-refractivity contribution in [1.82, 2.24) is 10.2 Å². The lowest BCUT2D eigenvalue weighted by Crippen LogP contribution is -2.45. The zero-order chi connectivity index (χ0) is 16.1. The Morgan fingerprint density at radius 1 is 1.41 bits per heavy atom. The highest BCUT2D eigenvalue weighted by Crippen LogP contribution is 2.24. The third-order valence-electron chi connectivity index (χ3n) is 4.01. The first-order valence-electron chi connectivity index (χ1n) is 7.89.